The second-order valence-electron chi connectivity index (χ2n) is 4.21. The van der Waals surface area contributed by atoms with Crippen molar-refractivity contribution in [1.82, 2.24) is 0 Å². The first-order valence-corrected chi connectivity index (χ1v) is 6.37. The molecule has 0 aliphatic carbocycles. The molecule has 20 heavy (non-hydrogen) atoms. The number of alkyl halides is 4. The van der Waals surface area contributed by atoms with Crippen LogP contribution in [0.15, 0.2) is 22.7 Å². The van der Waals surface area contributed by atoms with Crippen molar-refractivity contribution >= 4 is 15.9 Å². The second-order valence-corrected chi connectivity index (χ2v) is 5.13. The number of hydrogen-bond acceptors (Lipinski definition) is 2. The Morgan fingerprint density at radius 3 is 2.45 bits per heavy atom. The van der Waals surface area contributed by atoms with Gasteiger partial charge in [0, 0.05) is 10.9 Å². The SMILES string of the molecule is OC(COCC(F)(F)C(F)F)Cc1cc(F)cc(Br)c1. The van der Waals surface area contributed by atoms with Crippen LogP contribution in [0.5, 0.6) is 0 Å². The zero-order valence-electron chi connectivity index (χ0n) is 10.1. The van der Waals surface area contributed by atoms with E-state index in [1.165, 1.54) is 12.1 Å². The van der Waals surface area contributed by atoms with E-state index in [1.54, 1.807) is 6.07 Å². The van der Waals surface area contributed by atoms with Crippen LogP contribution < -0.4 is 0 Å². The van der Waals surface area contributed by atoms with Crippen LogP contribution in [0.2, 0.25) is 0 Å². The fraction of sp³-hybridized carbons (Fsp3) is 0.500. The predicted molar refractivity (Wildman–Crippen MR) is 65.6 cm³/mol. The Bertz CT molecular complexity index is 422. The summed E-state index contributed by atoms with van der Waals surface area (Å²) in [4.78, 5) is 0. The molecule has 0 aromatic heterocycles. The number of ether oxygens (including phenoxy) is 1. The summed E-state index contributed by atoms with van der Waals surface area (Å²) in [6.07, 6.45) is -5.06. The monoisotopic (exact) mass is 362 g/mol. The minimum absolute atomic E-state index is 0.0450. The number of benzene rings is 1. The van der Waals surface area contributed by atoms with Crippen LogP contribution in [0.25, 0.3) is 0 Å². The smallest absolute Gasteiger partial charge is 0.330 e. The van der Waals surface area contributed by atoms with E-state index in [4.69, 9.17) is 0 Å². The third-order valence-corrected chi connectivity index (χ3v) is 2.78. The summed E-state index contributed by atoms with van der Waals surface area (Å²) in [6.45, 7) is -2.02. The fourth-order valence-corrected chi connectivity index (χ4v) is 1.97. The van der Waals surface area contributed by atoms with Gasteiger partial charge in [-0.15, -0.1) is 0 Å². The summed E-state index contributed by atoms with van der Waals surface area (Å²) < 4.78 is 66.6. The zero-order valence-corrected chi connectivity index (χ0v) is 11.7. The molecule has 1 unspecified atom stereocenters. The molecule has 1 atom stereocenters. The van der Waals surface area contributed by atoms with Gasteiger partial charge in [0.1, 0.15) is 12.4 Å². The summed E-state index contributed by atoms with van der Waals surface area (Å²) in [7, 11) is 0. The molecule has 1 rings (SSSR count). The first-order valence-electron chi connectivity index (χ1n) is 5.57. The largest absolute Gasteiger partial charge is 0.390 e. The van der Waals surface area contributed by atoms with Gasteiger partial charge in [-0.2, -0.15) is 8.78 Å². The Labute approximate surface area is 120 Å². The first kappa shape index (κ1) is 17.3. The van der Waals surface area contributed by atoms with Crippen LogP contribution in [0.1, 0.15) is 5.56 Å². The third kappa shape index (κ3) is 5.72. The van der Waals surface area contributed by atoms with E-state index in [1.807, 2.05) is 0 Å². The molecule has 2 nitrogen and oxygen atoms in total. The van der Waals surface area contributed by atoms with Crippen molar-refractivity contribution in [2.75, 3.05) is 13.2 Å². The molecule has 1 aromatic rings. The molecule has 114 valence electrons. The quantitative estimate of drug-likeness (QED) is 0.753. The summed E-state index contributed by atoms with van der Waals surface area (Å²) in [5, 5.41) is 9.52. The Morgan fingerprint density at radius 2 is 1.90 bits per heavy atom. The van der Waals surface area contributed by atoms with Crippen LogP contribution in [-0.2, 0) is 11.2 Å². The van der Waals surface area contributed by atoms with Gasteiger partial charge >= 0.3 is 12.3 Å². The standard InChI is InChI=1S/C12H12BrF5O2/c13-8-1-7(2-9(14)4-8)3-10(19)5-20-6-12(17,18)11(15)16/h1-2,4,10-11,19H,3,5-6H2. The van der Waals surface area contributed by atoms with Crippen molar-refractivity contribution in [2.24, 2.45) is 0 Å². The lowest BCUT2D eigenvalue weighted by atomic mass is 10.1. The minimum Gasteiger partial charge on any atom is -0.390 e. The maximum absolute atomic E-state index is 13.1. The fourth-order valence-electron chi connectivity index (χ4n) is 1.45. The van der Waals surface area contributed by atoms with Crippen molar-refractivity contribution in [2.45, 2.75) is 24.9 Å². The summed E-state index contributed by atoms with van der Waals surface area (Å²) >= 11 is 3.06. The van der Waals surface area contributed by atoms with Gasteiger partial charge in [0.2, 0.25) is 0 Å². The van der Waals surface area contributed by atoms with E-state index in [9.17, 15) is 27.1 Å². The molecule has 0 aliphatic rings. The topological polar surface area (TPSA) is 29.5 Å². The van der Waals surface area contributed by atoms with E-state index in [0.29, 0.717) is 10.0 Å². The van der Waals surface area contributed by atoms with Gasteiger partial charge in [-0.3, -0.25) is 0 Å². The van der Waals surface area contributed by atoms with Gasteiger partial charge < -0.3 is 9.84 Å². The van der Waals surface area contributed by atoms with Crippen LogP contribution >= 0.6 is 15.9 Å². The molecule has 1 N–H and O–H groups in total. The average molecular weight is 363 g/mol. The normalized spacial score (nSPS) is 13.8. The van der Waals surface area contributed by atoms with E-state index >= 15 is 0 Å². The maximum Gasteiger partial charge on any atom is 0.330 e. The van der Waals surface area contributed by atoms with Gasteiger partial charge in [0.25, 0.3) is 0 Å². The lowest BCUT2D eigenvalue weighted by molar-refractivity contribution is -0.170. The van der Waals surface area contributed by atoms with E-state index in [-0.39, 0.29) is 6.42 Å². The van der Waals surface area contributed by atoms with Crippen LogP contribution in [0.3, 0.4) is 0 Å². The number of halogens is 6. The molecule has 0 heterocycles. The zero-order chi connectivity index (χ0) is 15.3. The molecule has 8 heteroatoms. The van der Waals surface area contributed by atoms with Gasteiger partial charge in [-0.05, 0) is 23.8 Å². The summed E-state index contributed by atoms with van der Waals surface area (Å²) in [5.41, 5.74) is 0.425. The van der Waals surface area contributed by atoms with Crippen molar-refractivity contribution in [1.29, 1.82) is 0 Å². The lowest BCUT2D eigenvalue weighted by Crippen LogP contribution is -2.34. The van der Waals surface area contributed by atoms with Crippen LogP contribution in [0, 0.1) is 5.82 Å². The highest BCUT2D eigenvalue weighted by atomic mass is 79.9. The molecule has 0 fully saturated rings. The van der Waals surface area contributed by atoms with Crippen LogP contribution in [-0.4, -0.2) is 36.8 Å². The lowest BCUT2D eigenvalue weighted by Gasteiger charge is -2.17. The Balaban J connectivity index is 2.42. The van der Waals surface area contributed by atoms with E-state index < -0.39 is 37.5 Å². The predicted octanol–water partition coefficient (Wildman–Crippen LogP) is 3.41. The maximum atomic E-state index is 13.1. The molecule has 0 saturated heterocycles. The number of hydrogen-bond donors (Lipinski definition) is 1. The molecule has 1 aromatic carbocycles. The molecule has 0 bridgehead atoms. The first-order chi connectivity index (χ1) is 9.20. The van der Waals surface area contributed by atoms with Crippen molar-refractivity contribution in [3.63, 3.8) is 0 Å². The number of aliphatic hydroxyl groups excluding tert-OH is 1. The number of aliphatic hydroxyl groups is 1. The molecular weight excluding hydrogens is 351 g/mol. The second kappa shape index (κ2) is 7.33. The van der Waals surface area contributed by atoms with Gasteiger partial charge in [-0.1, -0.05) is 15.9 Å². The van der Waals surface area contributed by atoms with E-state index in [2.05, 4.69) is 20.7 Å². The molecule has 0 aliphatic heterocycles. The number of rotatable bonds is 7. The Morgan fingerprint density at radius 1 is 1.25 bits per heavy atom. The highest BCUT2D eigenvalue weighted by Crippen LogP contribution is 2.23. The van der Waals surface area contributed by atoms with Gasteiger partial charge in [0.15, 0.2) is 0 Å². The molecule has 0 radical (unpaired) electrons. The third-order valence-electron chi connectivity index (χ3n) is 2.32. The molecule has 0 amide bonds. The van der Waals surface area contributed by atoms with Gasteiger partial charge in [0.05, 0.1) is 12.7 Å². The van der Waals surface area contributed by atoms with Crippen LogP contribution in [0.4, 0.5) is 22.0 Å². The minimum atomic E-state index is -4.25. The van der Waals surface area contributed by atoms with Crippen molar-refractivity contribution in [3.8, 4) is 0 Å². The highest BCUT2D eigenvalue weighted by molar-refractivity contribution is 9.10. The molecule has 0 saturated carbocycles. The van der Waals surface area contributed by atoms with Gasteiger partial charge in [-0.25, -0.2) is 13.2 Å². The average Bonchev–Trinajstić information content (AvgIpc) is 2.26. The van der Waals surface area contributed by atoms with Crippen molar-refractivity contribution in [3.05, 3.63) is 34.1 Å². The summed E-state index contributed by atoms with van der Waals surface area (Å²) in [5.74, 6) is -4.77. The Hall–Kier alpha value is -0.730. The van der Waals surface area contributed by atoms with E-state index in [0.717, 1.165) is 0 Å². The Kier molecular flexibility index (Phi) is 6.35. The molecule has 0 spiro atoms. The molecular formula is C12H12BrF5O2. The van der Waals surface area contributed by atoms with Crippen molar-refractivity contribution < 1.29 is 31.8 Å². The summed E-state index contributed by atoms with van der Waals surface area (Å²) in [6, 6.07) is 3.93. The highest BCUT2D eigenvalue weighted by Gasteiger charge is 2.41.